The number of carbonyl (C=O) groups is 1. The summed E-state index contributed by atoms with van der Waals surface area (Å²) < 4.78 is 18.1. The second-order valence-electron chi connectivity index (χ2n) is 6.41. The molecule has 0 radical (unpaired) electrons. The molecular weight excluding hydrogens is 404 g/mol. The average Bonchev–Trinajstić information content (AvgIpc) is 2.76. The Morgan fingerprint density at radius 2 is 1.81 bits per heavy atom. The number of nitrogens with two attached hydrogens (primary N) is 1. The standard InChI is InChI=1S/C21H28N4O6/c1-5-24-19(22)18(20(27)25(6-2)21(24)28)23-17(26)10-8-14-7-9-15(16(13-14)30-4)31-12-11-29-3/h7-10,13H,5-6,11-12,22H2,1-4H3,(H,23,26)/b10-8+. The number of aromatic nitrogens is 2. The Bertz CT molecular complexity index is 1070. The van der Waals surface area contributed by atoms with E-state index in [1.807, 2.05) is 0 Å². The molecule has 0 unspecified atom stereocenters. The summed E-state index contributed by atoms with van der Waals surface area (Å²) in [5, 5.41) is 2.49. The van der Waals surface area contributed by atoms with Gasteiger partial charge in [0.1, 0.15) is 18.1 Å². The molecule has 10 heteroatoms. The summed E-state index contributed by atoms with van der Waals surface area (Å²) in [5.41, 5.74) is 5.35. The molecule has 0 atom stereocenters. The number of amides is 1. The van der Waals surface area contributed by atoms with Crippen LogP contribution in [0.1, 0.15) is 19.4 Å². The van der Waals surface area contributed by atoms with Crippen LogP contribution >= 0.6 is 0 Å². The Morgan fingerprint density at radius 3 is 2.42 bits per heavy atom. The molecule has 1 heterocycles. The molecule has 0 saturated heterocycles. The van der Waals surface area contributed by atoms with Crippen LogP contribution in [0.4, 0.5) is 11.5 Å². The van der Waals surface area contributed by atoms with Crippen LogP contribution < -0.4 is 31.8 Å². The molecule has 0 fully saturated rings. The maximum atomic E-state index is 12.5. The van der Waals surface area contributed by atoms with E-state index in [-0.39, 0.29) is 24.6 Å². The van der Waals surface area contributed by atoms with E-state index in [0.29, 0.717) is 30.3 Å². The zero-order valence-corrected chi connectivity index (χ0v) is 18.1. The minimum absolute atomic E-state index is 0.0804. The number of rotatable bonds is 10. The number of methoxy groups -OCH3 is 2. The van der Waals surface area contributed by atoms with E-state index in [0.717, 1.165) is 4.57 Å². The summed E-state index contributed by atoms with van der Waals surface area (Å²) in [6, 6.07) is 5.19. The lowest BCUT2D eigenvalue weighted by atomic mass is 10.2. The fraction of sp³-hybridized carbons (Fsp3) is 0.381. The summed E-state index contributed by atoms with van der Waals surface area (Å²) in [4.78, 5) is 37.2. The van der Waals surface area contributed by atoms with Crippen LogP contribution in [0.2, 0.25) is 0 Å². The van der Waals surface area contributed by atoms with Crippen LogP contribution in [0.5, 0.6) is 11.5 Å². The fourth-order valence-electron chi connectivity index (χ4n) is 2.90. The number of carbonyl (C=O) groups excluding carboxylic acids is 1. The number of anilines is 2. The van der Waals surface area contributed by atoms with Gasteiger partial charge in [-0.25, -0.2) is 4.79 Å². The Labute approximate surface area is 179 Å². The minimum Gasteiger partial charge on any atom is -0.493 e. The van der Waals surface area contributed by atoms with Gasteiger partial charge in [0.05, 0.1) is 13.7 Å². The Hall–Kier alpha value is -3.53. The van der Waals surface area contributed by atoms with E-state index in [1.165, 1.54) is 17.8 Å². The van der Waals surface area contributed by atoms with Gasteiger partial charge >= 0.3 is 5.69 Å². The first-order chi connectivity index (χ1) is 14.9. The number of hydrogen-bond donors (Lipinski definition) is 2. The fourth-order valence-corrected chi connectivity index (χ4v) is 2.90. The smallest absolute Gasteiger partial charge is 0.332 e. The number of benzene rings is 1. The summed E-state index contributed by atoms with van der Waals surface area (Å²) in [6.07, 6.45) is 2.82. The minimum atomic E-state index is -0.643. The third-order valence-corrected chi connectivity index (χ3v) is 4.51. The number of nitrogens with one attached hydrogen (secondary N) is 1. The van der Waals surface area contributed by atoms with E-state index < -0.39 is 17.2 Å². The van der Waals surface area contributed by atoms with Crippen LogP contribution in [0.15, 0.2) is 33.9 Å². The predicted molar refractivity (Wildman–Crippen MR) is 119 cm³/mol. The van der Waals surface area contributed by atoms with E-state index in [1.54, 1.807) is 45.2 Å². The van der Waals surface area contributed by atoms with Crippen molar-refractivity contribution in [3.05, 3.63) is 50.7 Å². The van der Waals surface area contributed by atoms with E-state index in [2.05, 4.69) is 5.32 Å². The highest BCUT2D eigenvalue weighted by molar-refractivity contribution is 6.03. The summed E-state index contributed by atoms with van der Waals surface area (Å²) in [5.74, 6) is 0.412. The third kappa shape index (κ3) is 5.54. The van der Waals surface area contributed by atoms with Crippen molar-refractivity contribution >= 4 is 23.5 Å². The largest absolute Gasteiger partial charge is 0.493 e. The number of nitrogens with zero attached hydrogens (tertiary/aromatic N) is 2. The monoisotopic (exact) mass is 432 g/mol. The highest BCUT2D eigenvalue weighted by Gasteiger charge is 2.17. The van der Waals surface area contributed by atoms with Crippen molar-refractivity contribution in [1.82, 2.24) is 9.13 Å². The highest BCUT2D eigenvalue weighted by atomic mass is 16.5. The average molecular weight is 432 g/mol. The first kappa shape index (κ1) is 23.7. The lowest BCUT2D eigenvalue weighted by molar-refractivity contribution is -0.111. The topological polar surface area (TPSA) is 127 Å². The first-order valence-electron chi connectivity index (χ1n) is 9.79. The Balaban J connectivity index is 2.23. The van der Waals surface area contributed by atoms with Gasteiger partial charge in [-0.15, -0.1) is 0 Å². The molecule has 0 aliphatic carbocycles. The molecule has 0 saturated carbocycles. The molecule has 31 heavy (non-hydrogen) atoms. The van der Waals surface area contributed by atoms with E-state index >= 15 is 0 Å². The van der Waals surface area contributed by atoms with Gasteiger partial charge in [-0.2, -0.15) is 0 Å². The van der Waals surface area contributed by atoms with Crippen molar-refractivity contribution in [3.8, 4) is 11.5 Å². The molecule has 0 bridgehead atoms. The van der Waals surface area contributed by atoms with Crippen molar-refractivity contribution in [2.75, 3.05) is 38.5 Å². The Morgan fingerprint density at radius 1 is 1.10 bits per heavy atom. The molecular formula is C21H28N4O6. The summed E-state index contributed by atoms with van der Waals surface area (Å²) in [7, 11) is 3.10. The summed E-state index contributed by atoms with van der Waals surface area (Å²) in [6.45, 7) is 4.64. The zero-order chi connectivity index (χ0) is 23.0. The van der Waals surface area contributed by atoms with Crippen molar-refractivity contribution < 1.29 is 19.0 Å². The van der Waals surface area contributed by atoms with Crippen molar-refractivity contribution in [2.24, 2.45) is 0 Å². The SMILES string of the molecule is CCn1c(N)c(NC(=O)/C=C/c2ccc(OCCOC)c(OC)c2)c(=O)n(CC)c1=O. The van der Waals surface area contributed by atoms with Gasteiger partial charge in [-0.3, -0.25) is 18.7 Å². The molecule has 1 aromatic heterocycles. The van der Waals surface area contributed by atoms with E-state index in [4.69, 9.17) is 19.9 Å². The number of nitrogen functional groups attached to an aromatic ring is 1. The quantitative estimate of drug-likeness (QED) is 0.428. The van der Waals surface area contributed by atoms with Gasteiger partial charge < -0.3 is 25.3 Å². The molecule has 2 aromatic rings. The highest BCUT2D eigenvalue weighted by Crippen LogP contribution is 2.28. The van der Waals surface area contributed by atoms with E-state index in [9.17, 15) is 14.4 Å². The summed E-state index contributed by atoms with van der Waals surface area (Å²) >= 11 is 0. The molecule has 10 nitrogen and oxygen atoms in total. The van der Waals surface area contributed by atoms with Gasteiger partial charge in [0.25, 0.3) is 5.56 Å². The van der Waals surface area contributed by atoms with Gasteiger partial charge in [0.15, 0.2) is 11.5 Å². The third-order valence-electron chi connectivity index (χ3n) is 4.51. The van der Waals surface area contributed by atoms with Crippen LogP contribution in [0, 0.1) is 0 Å². The van der Waals surface area contributed by atoms with Crippen molar-refractivity contribution in [2.45, 2.75) is 26.9 Å². The molecule has 1 amide bonds. The molecule has 2 rings (SSSR count). The lowest BCUT2D eigenvalue weighted by Gasteiger charge is -2.14. The number of hydrogen-bond acceptors (Lipinski definition) is 7. The van der Waals surface area contributed by atoms with Crippen LogP contribution in [0.25, 0.3) is 6.08 Å². The van der Waals surface area contributed by atoms with Crippen LogP contribution in [-0.2, 0) is 22.6 Å². The molecule has 1 aromatic carbocycles. The first-order valence-corrected chi connectivity index (χ1v) is 9.79. The molecule has 0 aliphatic heterocycles. The van der Waals surface area contributed by atoms with Gasteiger partial charge in [0, 0.05) is 26.3 Å². The van der Waals surface area contributed by atoms with Crippen molar-refractivity contribution in [1.29, 1.82) is 0 Å². The Kier molecular flexibility index (Phi) is 8.44. The molecule has 0 spiro atoms. The lowest BCUT2D eigenvalue weighted by Crippen LogP contribution is -2.42. The maximum Gasteiger partial charge on any atom is 0.332 e. The van der Waals surface area contributed by atoms with Crippen LogP contribution in [-0.4, -0.2) is 42.5 Å². The van der Waals surface area contributed by atoms with Gasteiger partial charge in [-0.1, -0.05) is 6.07 Å². The second kappa shape index (κ2) is 11.0. The van der Waals surface area contributed by atoms with Gasteiger partial charge in [0.2, 0.25) is 5.91 Å². The second-order valence-corrected chi connectivity index (χ2v) is 6.41. The predicted octanol–water partition coefficient (Wildman–Crippen LogP) is 1.32. The maximum absolute atomic E-state index is 12.5. The molecule has 0 aliphatic rings. The number of ether oxygens (including phenoxy) is 3. The van der Waals surface area contributed by atoms with Gasteiger partial charge in [-0.05, 0) is 37.6 Å². The molecule has 168 valence electrons. The zero-order valence-electron chi connectivity index (χ0n) is 18.1. The van der Waals surface area contributed by atoms with Crippen molar-refractivity contribution in [3.63, 3.8) is 0 Å². The molecule has 3 N–H and O–H groups in total. The normalized spacial score (nSPS) is 11.0. The van der Waals surface area contributed by atoms with Crippen LogP contribution in [0.3, 0.4) is 0 Å².